The second-order valence-corrected chi connectivity index (χ2v) is 6.51. The van der Waals surface area contributed by atoms with Crippen molar-refractivity contribution in [2.45, 2.75) is 12.8 Å². The molecule has 0 aliphatic rings. The van der Waals surface area contributed by atoms with Gasteiger partial charge in [-0.15, -0.1) is 16.4 Å². The van der Waals surface area contributed by atoms with Gasteiger partial charge in [0.05, 0.1) is 17.7 Å². The zero-order valence-electron chi connectivity index (χ0n) is 14.5. The molecule has 1 amide bonds. The van der Waals surface area contributed by atoms with E-state index in [2.05, 4.69) is 20.1 Å². The Morgan fingerprint density at radius 3 is 2.70 bits per heavy atom. The number of nitrogens with one attached hydrogen (secondary N) is 1. The molecular weight excluding hydrogens is 371 g/mol. The van der Waals surface area contributed by atoms with Crippen molar-refractivity contribution in [2.75, 3.05) is 13.7 Å². The van der Waals surface area contributed by atoms with Crippen LogP contribution in [-0.2, 0) is 9.53 Å². The first-order valence-electron chi connectivity index (χ1n) is 8.20. The molecule has 0 atom stereocenters. The summed E-state index contributed by atoms with van der Waals surface area (Å²) < 4.78 is 19.3. The maximum Gasteiger partial charge on any atom is 0.305 e. The van der Waals surface area contributed by atoms with E-state index in [0.717, 1.165) is 4.88 Å². The number of amides is 1. The van der Waals surface area contributed by atoms with E-state index in [1.165, 1.54) is 35.3 Å². The zero-order chi connectivity index (χ0) is 19.2. The number of carbonyl (C=O) groups is 2. The molecule has 0 unspecified atom stereocenters. The molecule has 9 heteroatoms. The quantitative estimate of drug-likeness (QED) is 0.497. The van der Waals surface area contributed by atoms with Crippen LogP contribution < -0.4 is 5.32 Å². The maximum atomic E-state index is 13.2. The number of rotatable bonds is 7. The van der Waals surface area contributed by atoms with Crippen LogP contribution >= 0.6 is 11.3 Å². The molecule has 0 aliphatic heterocycles. The van der Waals surface area contributed by atoms with Crippen LogP contribution in [0.25, 0.3) is 16.4 Å². The van der Waals surface area contributed by atoms with Gasteiger partial charge < -0.3 is 10.1 Å². The van der Waals surface area contributed by atoms with Crippen molar-refractivity contribution in [3.8, 4) is 16.4 Å². The van der Waals surface area contributed by atoms with Crippen LogP contribution in [0.15, 0.2) is 41.8 Å². The van der Waals surface area contributed by atoms with Crippen molar-refractivity contribution < 1.29 is 18.7 Å². The topological polar surface area (TPSA) is 86.1 Å². The molecule has 140 valence electrons. The summed E-state index contributed by atoms with van der Waals surface area (Å²) in [4.78, 5) is 28.6. The smallest absolute Gasteiger partial charge is 0.305 e. The molecule has 27 heavy (non-hydrogen) atoms. The number of benzene rings is 1. The highest BCUT2D eigenvalue weighted by Crippen LogP contribution is 2.25. The van der Waals surface area contributed by atoms with Gasteiger partial charge in [-0.3, -0.25) is 9.59 Å². The van der Waals surface area contributed by atoms with Crippen LogP contribution in [0.5, 0.6) is 0 Å². The Morgan fingerprint density at radius 1 is 1.26 bits per heavy atom. The normalized spacial score (nSPS) is 10.6. The Hall–Kier alpha value is -3.07. The molecule has 0 radical (unpaired) electrons. The maximum absolute atomic E-state index is 13.2. The predicted octanol–water partition coefficient (Wildman–Crippen LogP) is 2.82. The van der Waals surface area contributed by atoms with Crippen LogP contribution in [0.1, 0.15) is 23.5 Å². The molecule has 3 rings (SSSR count). The number of nitrogens with zero attached hydrogens (tertiary/aromatic N) is 3. The van der Waals surface area contributed by atoms with Crippen LogP contribution in [0, 0.1) is 5.82 Å². The number of carbonyl (C=O) groups excluding carboxylic acids is 2. The summed E-state index contributed by atoms with van der Waals surface area (Å²) in [6.07, 6.45) is 0.670. The van der Waals surface area contributed by atoms with E-state index in [-0.39, 0.29) is 24.0 Å². The molecule has 0 bridgehead atoms. The third-order valence-electron chi connectivity index (χ3n) is 3.69. The average Bonchev–Trinajstić information content (AvgIpc) is 3.35. The molecule has 1 N–H and O–H groups in total. The number of hydrogen-bond donors (Lipinski definition) is 1. The van der Waals surface area contributed by atoms with Gasteiger partial charge in [0.25, 0.3) is 5.91 Å². The second-order valence-electron chi connectivity index (χ2n) is 5.56. The lowest BCUT2D eigenvalue weighted by molar-refractivity contribution is -0.140. The van der Waals surface area contributed by atoms with E-state index >= 15 is 0 Å². The predicted molar refractivity (Wildman–Crippen MR) is 98.2 cm³/mol. The number of aromatic nitrogens is 3. The summed E-state index contributed by atoms with van der Waals surface area (Å²) >= 11 is 1.46. The summed E-state index contributed by atoms with van der Waals surface area (Å²) in [5.74, 6) is -0.640. The van der Waals surface area contributed by atoms with Crippen LogP contribution in [0.2, 0.25) is 0 Å². The minimum atomic E-state index is -0.446. The molecule has 0 saturated carbocycles. The van der Waals surface area contributed by atoms with E-state index in [0.29, 0.717) is 24.5 Å². The molecule has 0 saturated heterocycles. The van der Waals surface area contributed by atoms with Crippen molar-refractivity contribution >= 4 is 23.2 Å². The van der Waals surface area contributed by atoms with Gasteiger partial charge in [0.2, 0.25) is 5.82 Å². The molecule has 0 spiro atoms. The zero-order valence-corrected chi connectivity index (χ0v) is 15.3. The number of hydrogen-bond acceptors (Lipinski definition) is 6. The van der Waals surface area contributed by atoms with Gasteiger partial charge in [-0.1, -0.05) is 6.07 Å². The summed E-state index contributed by atoms with van der Waals surface area (Å²) in [7, 11) is 1.32. The molecule has 0 aliphatic carbocycles. The second kappa shape index (κ2) is 8.54. The summed E-state index contributed by atoms with van der Waals surface area (Å²) in [6.45, 7) is 0.299. The lowest BCUT2D eigenvalue weighted by atomic mass is 10.3. The highest BCUT2D eigenvalue weighted by molar-refractivity contribution is 7.13. The molecule has 7 nitrogen and oxygen atoms in total. The Labute approximate surface area is 158 Å². The van der Waals surface area contributed by atoms with E-state index in [9.17, 15) is 14.0 Å². The van der Waals surface area contributed by atoms with Gasteiger partial charge in [0.1, 0.15) is 5.82 Å². The van der Waals surface area contributed by atoms with Crippen molar-refractivity contribution in [1.29, 1.82) is 0 Å². The fraction of sp³-hybridized carbons (Fsp3) is 0.222. The fourth-order valence-corrected chi connectivity index (χ4v) is 3.05. The number of methoxy groups -OCH3 is 1. The number of ether oxygens (including phenoxy) is 1. The Kier molecular flexibility index (Phi) is 5.92. The SMILES string of the molecule is COC(=O)CCCNC(=O)c1nc(-c2cccs2)n(-c2ccc(F)cc2)n1. The Balaban J connectivity index is 1.80. The first-order chi connectivity index (χ1) is 13.1. The molecule has 1 aromatic carbocycles. The van der Waals surface area contributed by atoms with Crippen molar-refractivity contribution in [3.05, 3.63) is 53.4 Å². The van der Waals surface area contributed by atoms with E-state index < -0.39 is 5.91 Å². The van der Waals surface area contributed by atoms with Crippen molar-refractivity contribution in [3.63, 3.8) is 0 Å². The van der Waals surface area contributed by atoms with Crippen LogP contribution in [0.4, 0.5) is 4.39 Å². The third kappa shape index (κ3) is 4.56. The summed E-state index contributed by atoms with van der Waals surface area (Å²) in [5, 5.41) is 8.86. The first-order valence-corrected chi connectivity index (χ1v) is 9.08. The largest absolute Gasteiger partial charge is 0.469 e. The van der Waals surface area contributed by atoms with Gasteiger partial charge >= 0.3 is 5.97 Å². The van der Waals surface area contributed by atoms with Gasteiger partial charge in [0.15, 0.2) is 5.82 Å². The average molecular weight is 388 g/mol. The Bertz CT molecular complexity index is 923. The number of halogens is 1. The van der Waals surface area contributed by atoms with Gasteiger partial charge in [0, 0.05) is 13.0 Å². The molecular formula is C18H17FN4O3S. The highest BCUT2D eigenvalue weighted by atomic mass is 32.1. The monoisotopic (exact) mass is 388 g/mol. The number of esters is 1. The van der Waals surface area contributed by atoms with E-state index in [1.54, 1.807) is 12.1 Å². The molecule has 2 aromatic heterocycles. The van der Waals surface area contributed by atoms with E-state index in [4.69, 9.17) is 0 Å². The summed E-state index contributed by atoms with van der Waals surface area (Å²) in [5.41, 5.74) is 0.594. The summed E-state index contributed by atoms with van der Waals surface area (Å²) in [6, 6.07) is 9.52. The van der Waals surface area contributed by atoms with E-state index in [1.807, 2.05) is 17.5 Å². The minimum absolute atomic E-state index is 0.000734. The molecule has 0 fully saturated rings. The van der Waals surface area contributed by atoms with Gasteiger partial charge in [-0.2, -0.15) is 0 Å². The van der Waals surface area contributed by atoms with Gasteiger partial charge in [-0.25, -0.2) is 14.1 Å². The van der Waals surface area contributed by atoms with Crippen molar-refractivity contribution in [2.24, 2.45) is 0 Å². The lowest BCUT2D eigenvalue weighted by Crippen LogP contribution is -2.26. The first kappa shape index (κ1) is 18.7. The number of thiophene rings is 1. The standard InChI is InChI=1S/C18H17FN4O3S/c1-26-15(24)5-2-10-20-18(25)16-21-17(14-4-3-11-27-14)23(22-16)13-8-6-12(19)7-9-13/h3-4,6-9,11H,2,5,10H2,1H3,(H,20,25). The molecule has 3 aromatic rings. The van der Waals surface area contributed by atoms with Crippen LogP contribution in [-0.4, -0.2) is 40.3 Å². The lowest BCUT2D eigenvalue weighted by Gasteiger charge is -2.04. The highest BCUT2D eigenvalue weighted by Gasteiger charge is 2.19. The fourth-order valence-electron chi connectivity index (χ4n) is 2.35. The third-order valence-corrected chi connectivity index (χ3v) is 4.56. The minimum Gasteiger partial charge on any atom is -0.469 e. The molecule has 2 heterocycles. The van der Waals surface area contributed by atoms with Crippen LogP contribution in [0.3, 0.4) is 0 Å². The Morgan fingerprint density at radius 2 is 2.04 bits per heavy atom. The van der Waals surface area contributed by atoms with Gasteiger partial charge in [-0.05, 0) is 42.1 Å². The van der Waals surface area contributed by atoms with Crippen molar-refractivity contribution in [1.82, 2.24) is 20.1 Å².